The zero-order chi connectivity index (χ0) is 11.1. The molecule has 1 aliphatic rings. The number of amides is 2. The van der Waals surface area contributed by atoms with E-state index in [0.717, 1.165) is 45.3 Å². The van der Waals surface area contributed by atoms with E-state index in [9.17, 15) is 4.79 Å². The van der Waals surface area contributed by atoms with Crippen LogP contribution in [0.4, 0.5) is 4.79 Å². The second kappa shape index (κ2) is 6.67. The Kier molecular flexibility index (Phi) is 5.47. The summed E-state index contributed by atoms with van der Waals surface area (Å²) < 4.78 is 0. The molecular weight excluding hydrogens is 192 g/mol. The van der Waals surface area contributed by atoms with Gasteiger partial charge in [0, 0.05) is 26.2 Å². The number of carbonyl (C=O) groups excluding carboxylic acids is 1. The van der Waals surface area contributed by atoms with Crippen LogP contribution in [0.3, 0.4) is 0 Å². The maximum absolute atomic E-state index is 11.6. The monoisotopic (exact) mass is 214 g/mol. The molecule has 15 heavy (non-hydrogen) atoms. The van der Waals surface area contributed by atoms with Crippen molar-refractivity contribution in [1.29, 1.82) is 0 Å². The average Bonchev–Trinajstić information content (AvgIpc) is 2.67. The summed E-state index contributed by atoms with van der Waals surface area (Å²) in [4.78, 5) is 13.5. The minimum atomic E-state index is 0.0592. The third-order valence-corrected chi connectivity index (χ3v) is 2.92. The molecule has 1 atom stereocenters. The standard InChI is InChI=1S/C11H22N2O2/c1-2-3-6-12-11(15)13-7-4-10(9-13)5-8-14/h10,14H,2-9H2,1H3,(H,12,15). The van der Waals surface area contributed by atoms with Crippen molar-refractivity contribution >= 4 is 6.03 Å². The number of nitrogens with one attached hydrogen (secondary N) is 1. The van der Waals surface area contributed by atoms with Crippen molar-refractivity contribution in [3.63, 3.8) is 0 Å². The van der Waals surface area contributed by atoms with Crippen LogP contribution in [0.25, 0.3) is 0 Å². The van der Waals surface area contributed by atoms with Crippen LogP contribution in [0.5, 0.6) is 0 Å². The molecule has 0 saturated carbocycles. The molecule has 1 fully saturated rings. The lowest BCUT2D eigenvalue weighted by Gasteiger charge is -2.17. The van der Waals surface area contributed by atoms with Crippen LogP contribution in [-0.2, 0) is 0 Å². The topological polar surface area (TPSA) is 52.6 Å². The van der Waals surface area contributed by atoms with Gasteiger partial charge in [0.2, 0.25) is 0 Å². The Morgan fingerprint density at radius 2 is 2.40 bits per heavy atom. The summed E-state index contributed by atoms with van der Waals surface area (Å²) in [5.74, 6) is 0.493. The lowest BCUT2D eigenvalue weighted by molar-refractivity contribution is 0.204. The Morgan fingerprint density at radius 1 is 1.60 bits per heavy atom. The largest absolute Gasteiger partial charge is 0.396 e. The van der Waals surface area contributed by atoms with E-state index in [-0.39, 0.29) is 12.6 Å². The first kappa shape index (κ1) is 12.3. The zero-order valence-corrected chi connectivity index (χ0v) is 9.54. The fourth-order valence-corrected chi connectivity index (χ4v) is 1.92. The van der Waals surface area contributed by atoms with Gasteiger partial charge < -0.3 is 15.3 Å². The smallest absolute Gasteiger partial charge is 0.317 e. The average molecular weight is 214 g/mol. The molecule has 0 radical (unpaired) electrons. The van der Waals surface area contributed by atoms with Crippen molar-refractivity contribution in [2.24, 2.45) is 5.92 Å². The highest BCUT2D eigenvalue weighted by atomic mass is 16.3. The SMILES string of the molecule is CCCCNC(=O)N1CCC(CCO)C1. The van der Waals surface area contributed by atoms with Crippen molar-refractivity contribution in [3.8, 4) is 0 Å². The molecule has 0 aliphatic carbocycles. The summed E-state index contributed by atoms with van der Waals surface area (Å²) in [6.45, 7) is 4.76. The molecule has 4 nitrogen and oxygen atoms in total. The van der Waals surface area contributed by atoms with Gasteiger partial charge >= 0.3 is 6.03 Å². The Hall–Kier alpha value is -0.770. The number of hydrogen-bond acceptors (Lipinski definition) is 2. The molecule has 4 heteroatoms. The third kappa shape index (κ3) is 4.08. The minimum absolute atomic E-state index is 0.0592. The van der Waals surface area contributed by atoms with Crippen LogP contribution in [-0.4, -0.2) is 42.3 Å². The van der Waals surface area contributed by atoms with Gasteiger partial charge in [-0.15, -0.1) is 0 Å². The molecule has 1 saturated heterocycles. The molecule has 2 N–H and O–H groups in total. The van der Waals surface area contributed by atoms with E-state index < -0.39 is 0 Å². The van der Waals surface area contributed by atoms with Crippen LogP contribution in [0.1, 0.15) is 32.6 Å². The first-order chi connectivity index (χ1) is 7.27. The highest BCUT2D eigenvalue weighted by molar-refractivity contribution is 5.74. The van der Waals surface area contributed by atoms with Crippen LogP contribution < -0.4 is 5.32 Å². The predicted molar refractivity (Wildman–Crippen MR) is 59.7 cm³/mol. The van der Waals surface area contributed by atoms with Gasteiger partial charge in [0.05, 0.1) is 0 Å². The molecule has 0 aromatic rings. The number of nitrogens with zero attached hydrogens (tertiary/aromatic N) is 1. The Bertz CT molecular complexity index is 197. The van der Waals surface area contributed by atoms with Crippen molar-refractivity contribution < 1.29 is 9.90 Å². The van der Waals surface area contributed by atoms with Gasteiger partial charge in [-0.25, -0.2) is 4.79 Å². The molecule has 0 aromatic heterocycles. The Morgan fingerprint density at radius 3 is 3.07 bits per heavy atom. The number of aliphatic hydroxyl groups excluding tert-OH is 1. The van der Waals surface area contributed by atoms with E-state index in [1.807, 2.05) is 4.90 Å². The summed E-state index contributed by atoms with van der Waals surface area (Å²) in [6, 6.07) is 0.0592. The first-order valence-electron chi connectivity index (χ1n) is 5.91. The van der Waals surface area contributed by atoms with Gasteiger partial charge in [-0.1, -0.05) is 13.3 Å². The minimum Gasteiger partial charge on any atom is -0.396 e. The zero-order valence-electron chi connectivity index (χ0n) is 9.54. The summed E-state index contributed by atoms with van der Waals surface area (Å²) in [7, 11) is 0. The molecule has 0 bridgehead atoms. The molecule has 0 spiro atoms. The quantitative estimate of drug-likeness (QED) is 0.676. The van der Waals surface area contributed by atoms with Gasteiger partial charge in [-0.2, -0.15) is 0 Å². The highest BCUT2D eigenvalue weighted by Crippen LogP contribution is 2.18. The number of aliphatic hydroxyl groups is 1. The lowest BCUT2D eigenvalue weighted by Crippen LogP contribution is -2.38. The maximum atomic E-state index is 11.6. The van der Waals surface area contributed by atoms with Crippen molar-refractivity contribution in [3.05, 3.63) is 0 Å². The molecule has 1 unspecified atom stereocenters. The predicted octanol–water partition coefficient (Wildman–Crippen LogP) is 1.20. The van der Waals surface area contributed by atoms with Crippen LogP contribution in [0, 0.1) is 5.92 Å². The van der Waals surface area contributed by atoms with Gasteiger partial charge in [0.15, 0.2) is 0 Å². The first-order valence-corrected chi connectivity index (χ1v) is 5.91. The summed E-state index contributed by atoms with van der Waals surface area (Å²) in [5.41, 5.74) is 0. The van der Waals surface area contributed by atoms with E-state index in [1.54, 1.807) is 0 Å². The van der Waals surface area contributed by atoms with Crippen LogP contribution >= 0.6 is 0 Å². The summed E-state index contributed by atoms with van der Waals surface area (Å²) >= 11 is 0. The van der Waals surface area contributed by atoms with Gasteiger partial charge in [0.1, 0.15) is 0 Å². The van der Waals surface area contributed by atoms with Crippen LogP contribution in [0.15, 0.2) is 0 Å². The normalized spacial score (nSPS) is 20.7. The second-order valence-corrected chi connectivity index (χ2v) is 4.20. The number of unbranched alkanes of at least 4 members (excludes halogenated alkanes) is 1. The summed E-state index contributed by atoms with van der Waals surface area (Å²) in [6.07, 6.45) is 3.99. The highest BCUT2D eigenvalue weighted by Gasteiger charge is 2.25. The molecule has 88 valence electrons. The van der Waals surface area contributed by atoms with Gasteiger partial charge in [-0.05, 0) is 25.2 Å². The van der Waals surface area contributed by atoms with E-state index in [0.29, 0.717) is 5.92 Å². The van der Waals surface area contributed by atoms with E-state index >= 15 is 0 Å². The van der Waals surface area contributed by atoms with E-state index in [4.69, 9.17) is 5.11 Å². The fourth-order valence-electron chi connectivity index (χ4n) is 1.92. The molecule has 0 aromatic carbocycles. The number of hydrogen-bond donors (Lipinski definition) is 2. The number of rotatable bonds is 5. The van der Waals surface area contributed by atoms with Crippen molar-refractivity contribution in [2.45, 2.75) is 32.6 Å². The molecule has 1 rings (SSSR count). The molecular formula is C11H22N2O2. The Labute approximate surface area is 91.6 Å². The van der Waals surface area contributed by atoms with Gasteiger partial charge in [-0.3, -0.25) is 0 Å². The molecule has 1 aliphatic heterocycles. The number of urea groups is 1. The number of carbonyl (C=O) groups is 1. The third-order valence-electron chi connectivity index (χ3n) is 2.92. The molecule has 2 amide bonds. The van der Waals surface area contributed by atoms with E-state index in [1.165, 1.54) is 0 Å². The van der Waals surface area contributed by atoms with Crippen LogP contribution in [0.2, 0.25) is 0 Å². The maximum Gasteiger partial charge on any atom is 0.317 e. The molecule has 1 heterocycles. The Balaban J connectivity index is 2.18. The van der Waals surface area contributed by atoms with Gasteiger partial charge in [0.25, 0.3) is 0 Å². The number of likely N-dealkylation sites (tertiary alicyclic amines) is 1. The fraction of sp³-hybridized carbons (Fsp3) is 0.909. The van der Waals surface area contributed by atoms with Crippen molar-refractivity contribution in [2.75, 3.05) is 26.2 Å². The second-order valence-electron chi connectivity index (χ2n) is 4.20. The van der Waals surface area contributed by atoms with Crippen molar-refractivity contribution in [1.82, 2.24) is 10.2 Å². The summed E-state index contributed by atoms with van der Waals surface area (Å²) in [5, 5.41) is 11.7. The lowest BCUT2D eigenvalue weighted by atomic mass is 10.1. The van der Waals surface area contributed by atoms with E-state index in [2.05, 4.69) is 12.2 Å².